The molecule has 1 atom stereocenters. The van der Waals surface area contributed by atoms with Crippen LogP contribution in [-0.2, 0) is 0 Å². The predicted molar refractivity (Wildman–Crippen MR) is 71.1 cm³/mol. The van der Waals surface area contributed by atoms with Crippen molar-refractivity contribution in [3.05, 3.63) is 34.9 Å². The summed E-state index contributed by atoms with van der Waals surface area (Å²) in [5.41, 5.74) is 0.455. The van der Waals surface area contributed by atoms with E-state index in [0.717, 1.165) is 6.54 Å². The van der Waals surface area contributed by atoms with Crippen LogP contribution in [0.5, 0.6) is 0 Å². The molecule has 0 saturated heterocycles. The van der Waals surface area contributed by atoms with Crippen LogP contribution in [0.3, 0.4) is 0 Å². The van der Waals surface area contributed by atoms with E-state index in [4.69, 9.17) is 16.0 Å². The van der Waals surface area contributed by atoms with Gasteiger partial charge in [0.05, 0.1) is 6.04 Å². The molecule has 0 amide bonds. The van der Waals surface area contributed by atoms with Crippen LogP contribution in [-0.4, -0.2) is 16.7 Å². The zero-order chi connectivity index (χ0) is 13.8. The minimum absolute atomic E-state index is 0.0378. The number of hydrogen-bond acceptors (Lipinski definition) is 5. The number of anilines is 2. The molecule has 0 aliphatic rings. The first-order valence-corrected chi connectivity index (χ1v) is 6.26. The Hall–Kier alpha value is -1.66. The molecule has 0 fully saturated rings. The maximum atomic E-state index is 13.2. The molecule has 2 N–H and O–H groups in total. The lowest BCUT2D eigenvalue weighted by Crippen LogP contribution is -2.17. The summed E-state index contributed by atoms with van der Waals surface area (Å²) >= 11 is 5.76. The second-order valence-electron chi connectivity index (χ2n) is 4.01. The first kappa shape index (κ1) is 13.8. The van der Waals surface area contributed by atoms with Gasteiger partial charge in [-0.15, -0.1) is 5.10 Å². The Morgan fingerprint density at radius 1 is 1.37 bits per heavy atom. The van der Waals surface area contributed by atoms with Crippen molar-refractivity contribution in [3.8, 4) is 0 Å². The van der Waals surface area contributed by atoms with Crippen LogP contribution in [0.2, 0.25) is 5.02 Å². The minimum atomic E-state index is -0.434. The highest BCUT2D eigenvalue weighted by atomic mass is 35.5. The second-order valence-corrected chi connectivity index (χ2v) is 4.44. The molecule has 19 heavy (non-hydrogen) atoms. The molecule has 102 valence electrons. The van der Waals surface area contributed by atoms with Crippen molar-refractivity contribution in [2.45, 2.75) is 19.9 Å². The fourth-order valence-corrected chi connectivity index (χ4v) is 1.82. The maximum Gasteiger partial charge on any atom is 0.320 e. The van der Waals surface area contributed by atoms with Gasteiger partial charge in [0.1, 0.15) is 5.82 Å². The molecule has 1 aromatic carbocycles. The van der Waals surface area contributed by atoms with E-state index in [0.29, 0.717) is 16.6 Å². The largest absolute Gasteiger partial charge is 0.406 e. The van der Waals surface area contributed by atoms with Gasteiger partial charge in [-0.2, -0.15) is 0 Å². The number of nitrogens with zero attached hydrogens (tertiary/aromatic N) is 2. The summed E-state index contributed by atoms with van der Waals surface area (Å²) < 4.78 is 18.6. The van der Waals surface area contributed by atoms with E-state index in [9.17, 15) is 4.39 Å². The molecule has 0 radical (unpaired) electrons. The fourth-order valence-electron chi connectivity index (χ4n) is 1.60. The van der Waals surface area contributed by atoms with E-state index < -0.39 is 5.82 Å². The second kappa shape index (κ2) is 5.99. The maximum absolute atomic E-state index is 13.2. The van der Waals surface area contributed by atoms with Crippen molar-refractivity contribution < 1.29 is 8.81 Å². The summed E-state index contributed by atoms with van der Waals surface area (Å²) in [4.78, 5) is 0. The van der Waals surface area contributed by atoms with Crippen molar-refractivity contribution in [1.29, 1.82) is 0 Å². The highest BCUT2D eigenvalue weighted by Gasteiger charge is 2.13. The number of hydrogen-bond donors (Lipinski definition) is 2. The number of aromatic nitrogens is 2. The van der Waals surface area contributed by atoms with Crippen molar-refractivity contribution in [2.24, 2.45) is 0 Å². The van der Waals surface area contributed by atoms with Gasteiger partial charge in [0.25, 0.3) is 0 Å². The fraction of sp³-hybridized carbons (Fsp3) is 0.333. The third-order valence-electron chi connectivity index (χ3n) is 2.44. The Bertz CT molecular complexity index is 540. The average Bonchev–Trinajstić information content (AvgIpc) is 2.76. The van der Waals surface area contributed by atoms with Gasteiger partial charge < -0.3 is 15.1 Å². The summed E-state index contributed by atoms with van der Waals surface area (Å²) in [5.74, 6) is 0.0302. The van der Waals surface area contributed by atoms with E-state index in [1.54, 1.807) is 6.07 Å². The van der Waals surface area contributed by atoms with Crippen molar-refractivity contribution in [2.75, 3.05) is 11.9 Å². The zero-order valence-corrected chi connectivity index (χ0v) is 11.3. The standard InChI is InChI=1S/C12H14ClFN4O/c1-3-15-7(2)11-17-18-12(19-11)16-10-5-8(13)4-9(14)6-10/h4-7,15H,3H2,1-2H3,(H,16,18). The van der Waals surface area contributed by atoms with E-state index in [1.165, 1.54) is 12.1 Å². The van der Waals surface area contributed by atoms with Gasteiger partial charge in [0, 0.05) is 10.7 Å². The van der Waals surface area contributed by atoms with E-state index in [1.807, 2.05) is 13.8 Å². The summed E-state index contributed by atoms with van der Waals surface area (Å²) in [6.45, 7) is 4.70. The third-order valence-corrected chi connectivity index (χ3v) is 2.65. The quantitative estimate of drug-likeness (QED) is 0.882. The van der Waals surface area contributed by atoms with Gasteiger partial charge >= 0.3 is 6.01 Å². The Kier molecular flexibility index (Phi) is 4.34. The normalized spacial score (nSPS) is 12.4. The number of rotatable bonds is 5. The highest BCUT2D eigenvalue weighted by molar-refractivity contribution is 6.30. The molecule has 2 rings (SSSR count). The van der Waals surface area contributed by atoms with Gasteiger partial charge in [-0.3, -0.25) is 0 Å². The predicted octanol–water partition coefficient (Wildman–Crippen LogP) is 3.28. The molecular weight excluding hydrogens is 271 g/mol. The lowest BCUT2D eigenvalue weighted by molar-refractivity contribution is 0.430. The first-order valence-electron chi connectivity index (χ1n) is 5.88. The topological polar surface area (TPSA) is 63.0 Å². The van der Waals surface area contributed by atoms with Crippen LogP contribution in [0, 0.1) is 5.82 Å². The lowest BCUT2D eigenvalue weighted by atomic mass is 10.3. The highest BCUT2D eigenvalue weighted by Crippen LogP contribution is 2.22. The third kappa shape index (κ3) is 3.65. The molecule has 0 spiro atoms. The Morgan fingerprint density at radius 2 is 2.16 bits per heavy atom. The molecule has 1 unspecified atom stereocenters. The van der Waals surface area contributed by atoms with Gasteiger partial charge in [-0.05, 0) is 31.7 Å². The van der Waals surface area contributed by atoms with Crippen molar-refractivity contribution in [1.82, 2.24) is 15.5 Å². The van der Waals surface area contributed by atoms with Crippen LogP contribution in [0.25, 0.3) is 0 Å². The smallest absolute Gasteiger partial charge is 0.320 e. The van der Waals surface area contributed by atoms with Crippen molar-refractivity contribution >= 4 is 23.3 Å². The van der Waals surface area contributed by atoms with Gasteiger partial charge in [-0.1, -0.05) is 23.6 Å². The van der Waals surface area contributed by atoms with Crippen LogP contribution in [0.15, 0.2) is 22.6 Å². The Balaban J connectivity index is 2.11. The summed E-state index contributed by atoms with van der Waals surface area (Å²) in [6.07, 6.45) is 0. The van der Waals surface area contributed by atoms with Crippen LogP contribution in [0.4, 0.5) is 16.1 Å². The molecule has 0 bridgehead atoms. The number of nitrogens with one attached hydrogen (secondary N) is 2. The minimum Gasteiger partial charge on any atom is -0.406 e. The van der Waals surface area contributed by atoms with Crippen molar-refractivity contribution in [3.63, 3.8) is 0 Å². The lowest BCUT2D eigenvalue weighted by Gasteiger charge is -2.06. The van der Waals surface area contributed by atoms with Crippen LogP contribution in [0.1, 0.15) is 25.8 Å². The molecule has 1 heterocycles. The molecule has 0 aliphatic heterocycles. The number of benzene rings is 1. The zero-order valence-electron chi connectivity index (χ0n) is 10.6. The molecular formula is C12H14ClFN4O. The summed E-state index contributed by atoms with van der Waals surface area (Å²) in [7, 11) is 0. The van der Waals surface area contributed by atoms with Gasteiger partial charge in [-0.25, -0.2) is 4.39 Å². The van der Waals surface area contributed by atoms with Gasteiger partial charge in [0.2, 0.25) is 5.89 Å². The molecule has 2 aromatic rings. The van der Waals surface area contributed by atoms with Gasteiger partial charge in [0.15, 0.2) is 0 Å². The molecule has 0 saturated carbocycles. The SMILES string of the molecule is CCNC(C)c1nnc(Nc2cc(F)cc(Cl)c2)o1. The summed E-state index contributed by atoms with van der Waals surface area (Å²) in [5, 5.41) is 14.0. The number of halogens is 2. The molecule has 5 nitrogen and oxygen atoms in total. The van der Waals surface area contributed by atoms with E-state index >= 15 is 0 Å². The molecule has 0 aliphatic carbocycles. The van der Waals surface area contributed by atoms with E-state index in [-0.39, 0.29) is 12.1 Å². The Labute approximate surface area is 115 Å². The van der Waals surface area contributed by atoms with Crippen LogP contribution < -0.4 is 10.6 Å². The molecule has 7 heteroatoms. The summed E-state index contributed by atoms with van der Waals surface area (Å²) in [6, 6.07) is 4.25. The first-order chi connectivity index (χ1) is 9.08. The Morgan fingerprint density at radius 3 is 2.84 bits per heavy atom. The molecule has 1 aromatic heterocycles. The average molecular weight is 285 g/mol. The van der Waals surface area contributed by atoms with E-state index in [2.05, 4.69) is 20.8 Å². The monoisotopic (exact) mass is 284 g/mol. The van der Waals surface area contributed by atoms with Crippen LogP contribution >= 0.6 is 11.6 Å².